The molecule has 0 bridgehead atoms. The fraction of sp³-hybridized carbons (Fsp3) is 0.688. The van der Waals surface area contributed by atoms with Gasteiger partial charge in [0.1, 0.15) is 6.61 Å². The van der Waals surface area contributed by atoms with Crippen LogP contribution in [0.15, 0.2) is 0 Å². The molecule has 1 unspecified atom stereocenters. The molecular weight excluding hydrogens is 312 g/mol. The van der Waals surface area contributed by atoms with Gasteiger partial charge in [-0.1, -0.05) is 0 Å². The van der Waals surface area contributed by atoms with Crippen molar-refractivity contribution in [1.82, 2.24) is 20.4 Å². The molecule has 8 nitrogen and oxygen atoms in total. The highest BCUT2D eigenvalue weighted by Gasteiger charge is 2.26. The zero-order valence-corrected chi connectivity index (χ0v) is 14.6. The summed E-state index contributed by atoms with van der Waals surface area (Å²) in [6.07, 6.45) is 0.880. The monoisotopic (exact) mass is 338 g/mol. The minimum Gasteiger partial charge on any atom is -0.383 e. The summed E-state index contributed by atoms with van der Waals surface area (Å²) in [7, 11) is 1.60. The van der Waals surface area contributed by atoms with E-state index in [1.807, 2.05) is 13.8 Å². The van der Waals surface area contributed by atoms with Crippen LogP contribution in [0, 0.1) is 13.8 Å². The molecule has 0 radical (unpaired) electrons. The number of amides is 2. The maximum Gasteiger partial charge on any atom is 0.248 e. The van der Waals surface area contributed by atoms with Gasteiger partial charge in [-0.3, -0.25) is 14.7 Å². The number of H-pyrrole nitrogens is 1. The van der Waals surface area contributed by atoms with Crippen molar-refractivity contribution >= 4 is 11.8 Å². The number of carbonyl (C=O) groups is 2. The lowest BCUT2D eigenvalue weighted by Gasteiger charge is -2.32. The smallest absolute Gasteiger partial charge is 0.248 e. The first-order valence-corrected chi connectivity index (χ1v) is 8.16. The summed E-state index contributed by atoms with van der Waals surface area (Å²) in [5, 5.41) is 9.93. The van der Waals surface area contributed by atoms with E-state index >= 15 is 0 Å². The molecular formula is C16H26N4O4. The van der Waals surface area contributed by atoms with E-state index in [1.165, 1.54) is 0 Å². The molecule has 134 valence electrons. The van der Waals surface area contributed by atoms with Crippen molar-refractivity contribution in [2.75, 3.05) is 40.0 Å². The Morgan fingerprint density at radius 1 is 1.50 bits per heavy atom. The number of aryl methyl sites for hydroxylation is 2. The first-order valence-electron chi connectivity index (χ1n) is 8.16. The summed E-state index contributed by atoms with van der Waals surface area (Å²) in [5.74, 6) is -0.0699. The molecule has 1 aliphatic heterocycles. The molecule has 1 aromatic heterocycles. The van der Waals surface area contributed by atoms with Crippen LogP contribution in [-0.4, -0.2) is 73.0 Å². The number of rotatable bonds is 8. The van der Waals surface area contributed by atoms with Gasteiger partial charge in [0.15, 0.2) is 0 Å². The Balaban J connectivity index is 1.72. The maximum atomic E-state index is 12.0. The fourth-order valence-corrected chi connectivity index (χ4v) is 2.72. The zero-order valence-electron chi connectivity index (χ0n) is 14.6. The summed E-state index contributed by atoms with van der Waals surface area (Å²) >= 11 is 0. The van der Waals surface area contributed by atoms with Gasteiger partial charge in [0, 0.05) is 38.9 Å². The zero-order chi connectivity index (χ0) is 17.5. The van der Waals surface area contributed by atoms with Crippen molar-refractivity contribution in [3.63, 3.8) is 0 Å². The Morgan fingerprint density at radius 2 is 2.29 bits per heavy atom. The molecule has 24 heavy (non-hydrogen) atoms. The van der Waals surface area contributed by atoms with Crippen molar-refractivity contribution in [3.8, 4) is 0 Å². The van der Waals surface area contributed by atoms with Gasteiger partial charge in [0.25, 0.3) is 0 Å². The van der Waals surface area contributed by atoms with E-state index in [0.717, 1.165) is 17.0 Å². The van der Waals surface area contributed by atoms with Crippen molar-refractivity contribution in [2.45, 2.75) is 32.8 Å². The molecule has 0 spiro atoms. The number of carbonyl (C=O) groups excluding carboxylic acids is 2. The van der Waals surface area contributed by atoms with E-state index in [4.69, 9.17) is 9.47 Å². The van der Waals surface area contributed by atoms with Gasteiger partial charge in [0.2, 0.25) is 11.8 Å². The number of hydrogen-bond acceptors (Lipinski definition) is 5. The van der Waals surface area contributed by atoms with E-state index in [2.05, 4.69) is 15.5 Å². The van der Waals surface area contributed by atoms with Crippen molar-refractivity contribution in [2.24, 2.45) is 0 Å². The molecule has 1 saturated heterocycles. The van der Waals surface area contributed by atoms with Gasteiger partial charge in [-0.25, -0.2) is 0 Å². The second-order valence-corrected chi connectivity index (χ2v) is 5.98. The summed E-state index contributed by atoms with van der Waals surface area (Å²) < 4.78 is 10.5. The molecule has 1 atom stereocenters. The van der Waals surface area contributed by atoms with Crippen molar-refractivity contribution in [3.05, 3.63) is 17.0 Å². The van der Waals surface area contributed by atoms with Gasteiger partial charge in [-0.15, -0.1) is 0 Å². The van der Waals surface area contributed by atoms with E-state index in [-0.39, 0.29) is 24.5 Å². The summed E-state index contributed by atoms with van der Waals surface area (Å²) in [6, 6.07) is 0. The number of ether oxygens (including phenoxy) is 2. The quantitative estimate of drug-likeness (QED) is 0.693. The van der Waals surface area contributed by atoms with Crippen LogP contribution in [0.25, 0.3) is 0 Å². The Hall–Kier alpha value is -1.93. The standard InChI is InChI=1S/C16H26N4O4/c1-11-14(12(2)19-18-11)4-5-15(21)17-8-13-9-20(6-7-23-3)16(22)10-24-13/h13H,4-10H2,1-3H3,(H,17,21)(H,18,19). The Labute approximate surface area is 141 Å². The number of aromatic nitrogens is 2. The van der Waals surface area contributed by atoms with E-state index in [1.54, 1.807) is 12.0 Å². The molecule has 0 saturated carbocycles. The molecule has 2 N–H and O–H groups in total. The van der Waals surface area contributed by atoms with E-state index in [0.29, 0.717) is 39.1 Å². The first-order chi connectivity index (χ1) is 11.5. The van der Waals surface area contributed by atoms with Gasteiger partial charge in [-0.2, -0.15) is 5.10 Å². The van der Waals surface area contributed by atoms with Gasteiger partial charge < -0.3 is 19.7 Å². The predicted molar refractivity (Wildman–Crippen MR) is 87.6 cm³/mol. The van der Waals surface area contributed by atoms with Crippen molar-refractivity contribution in [1.29, 1.82) is 0 Å². The summed E-state index contributed by atoms with van der Waals surface area (Å²) in [5.41, 5.74) is 3.03. The van der Waals surface area contributed by atoms with E-state index in [9.17, 15) is 9.59 Å². The Kier molecular flexibility index (Phi) is 6.74. The molecule has 2 amide bonds. The maximum absolute atomic E-state index is 12.0. The fourth-order valence-electron chi connectivity index (χ4n) is 2.72. The first kappa shape index (κ1) is 18.4. The molecule has 2 heterocycles. The predicted octanol–water partition coefficient (Wildman–Crippen LogP) is -0.0509. The Bertz CT molecular complexity index is 553. The summed E-state index contributed by atoms with van der Waals surface area (Å²) in [4.78, 5) is 25.5. The summed E-state index contributed by atoms with van der Waals surface area (Å²) in [6.45, 7) is 5.85. The van der Waals surface area contributed by atoms with Gasteiger partial charge in [0.05, 0.1) is 18.4 Å². The number of hydrogen-bond donors (Lipinski definition) is 2. The van der Waals surface area contributed by atoms with Crippen LogP contribution in [0.5, 0.6) is 0 Å². The lowest BCUT2D eigenvalue weighted by molar-refractivity contribution is -0.149. The SMILES string of the molecule is COCCN1CC(CNC(=O)CCc2c(C)n[nH]c2C)OCC1=O. The van der Waals surface area contributed by atoms with Crippen LogP contribution in [-0.2, 0) is 25.5 Å². The molecule has 1 aromatic rings. The van der Waals surface area contributed by atoms with Gasteiger partial charge >= 0.3 is 0 Å². The van der Waals surface area contributed by atoms with Crippen LogP contribution in [0.2, 0.25) is 0 Å². The third-order valence-corrected chi connectivity index (χ3v) is 4.19. The molecule has 0 aliphatic carbocycles. The van der Waals surface area contributed by atoms with Crippen LogP contribution in [0.3, 0.4) is 0 Å². The Morgan fingerprint density at radius 3 is 2.96 bits per heavy atom. The highest BCUT2D eigenvalue weighted by Crippen LogP contribution is 2.11. The number of aromatic amines is 1. The normalized spacial score (nSPS) is 18.0. The average molecular weight is 338 g/mol. The van der Waals surface area contributed by atoms with Crippen molar-refractivity contribution < 1.29 is 19.1 Å². The number of nitrogens with zero attached hydrogens (tertiary/aromatic N) is 2. The van der Waals surface area contributed by atoms with Crippen LogP contribution >= 0.6 is 0 Å². The van der Waals surface area contributed by atoms with Crippen LogP contribution in [0.4, 0.5) is 0 Å². The van der Waals surface area contributed by atoms with Crippen LogP contribution in [0.1, 0.15) is 23.4 Å². The van der Waals surface area contributed by atoms with E-state index < -0.39 is 0 Å². The topological polar surface area (TPSA) is 96.6 Å². The molecule has 2 rings (SSSR count). The van der Waals surface area contributed by atoms with Crippen LogP contribution < -0.4 is 5.32 Å². The molecule has 8 heteroatoms. The third-order valence-electron chi connectivity index (χ3n) is 4.19. The largest absolute Gasteiger partial charge is 0.383 e. The minimum atomic E-state index is -0.180. The molecule has 1 aliphatic rings. The minimum absolute atomic E-state index is 0.0288. The third kappa shape index (κ3) is 5.04. The molecule has 1 fully saturated rings. The average Bonchev–Trinajstić information content (AvgIpc) is 2.89. The highest BCUT2D eigenvalue weighted by atomic mass is 16.5. The lowest BCUT2D eigenvalue weighted by Crippen LogP contribution is -2.51. The van der Waals surface area contributed by atoms with Gasteiger partial charge in [-0.05, 0) is 25.8 Å². The number of methoxy groups -OCH3 is 1. The second-order valence-electron chi connectivity index (χ2n) is 5.98. The molecule has 0 aromatic carbocycles. The lowest BCUT2D eigenvalue weighted by atomic mass is 10.1. The number of nitrogens with one attached hydrogen (secondary N) is 2. The highest BCUT2D eigenvalue weighted by molar-refractivity contribution is 5.78. The second kappa shape index (κ2) is 8.79. The number of morpholine rings is 1.